The number of nitrogen functional groups attached to an aromatic ring is 1. The second kappa shape index (κ2) is 4.58. The number of pyridine rings is 2. The van der Waals surface area contributed by atoms with Crippen LogP contribution in [0.2, 0.25) is 0 Å². The predicted molar refractivity (Wildman–Crippen MR) is 76.0 cm³/mol. The summed E-state index contributed by atoms with van der Waals surface area (Å²) in [6.45, 7) is 0. The van der Waals surface area contributed by atoms with E-state index in [1.807, 2.05) is 18.2 Å². The smallest absolute Gasteiger partial charge is 0.295 e. The van der Waals surface area contributed by atoms with Crippen molar-refractivity contribution < 1.29 is 4.92 Å². The Morgan fingerprint density at radius 1 is 1.15 bits per heavy atom. The summed E-state index contributed by atoms with van der Waals surface area (Å²) in [5, 5.41) is 12.0. The highest BCUT2D eigenvalue weighted by atomic mass is 16.6. The van der Waals surface area contributed by atoms with Crippen LogP contribution in [-0.4, -0.2) is 14.9 Å². The van der Waals surface area contributed by atoms with Gasteiger partial charge in [0.15, 0.2) is 5.69 Å². The van der Waals surface area contributed by atoms with Gasteiger partial charge in [-0.05, 0) is 24.3 Å². The summed E-state index contributed by atoms with van der Waals surface area (Å²) in [6.07, 6.45) is 1.70. The van der Waals surface area contributed by atoms with Crippen LogP contribution in [0.1, 0.15) is 0 Å². The Kier molecular flexibility index (Phi) is 2.76. The molecule has 3 rings (SSSR count). The van der Waals surface area contributed by atoms with Crippen molar-refractivity contribution in [2.24, 2.45) is 0 Å². The highest BCUT2D eigenvalue weighted by Crippen LogP contribution is 2.30. The summed E-state index contributed by atoms with van der Waals surface area (Å²) in [5.74, 6) is 0.247. The first-order valence-corrected chi connectivity index (χ1v) is 5.91. The van der Waals surface area contributed by atoms with Crippen LogP contribution in [-0.2, 0) is 0 Å². The van der Waals surface area contributed by atoms with E-state index in [0.29, 0.717) is 5.56 Å². The fourth-order valence-electron chi connectivity index (χ4n) is 2.05. The molecule has 0 bridgehead atoms. The lowest BCUT2D eigenvalue weighted by Crippen LogP contribution is -1.98. The van der Waals surface area contributed by atoms with E-state index < -0.39 is 4.92 Å². The van der Waals surface area contributed by atoms with Crippen molar-refractivity contribution in [2.45, 2.75) is 0 Å². The van der Waals surface area contributed by atoms with E-state index >= 15 is 0 Å². The zero-order valence-electron chi connectivity index (χ0n) is 10.4. The highest BCUT2D eigenvalue weighted by Gasteiger charge is 2.17. The van der Waals surface area contributed by atoms with Gasteiger partial charge in [-0.3, -0.25) is 15.1 Å². The molecule has 0 spiro atoms. The fourth-order valence-corrected chi connectivity index (χ4v) is 2.05. The van der Waals surface area contributed by atoms with Crippen molar-refractivity contribution in [3.8, 4) is 11.3 Å². The Morgan fingerprint density at radius 3 is 2.80 bits per heavy atom. The molecule has 6 nitrogen and oxygen atoms in total. The van der Waals surface area contributed by atoms with Crippen LogP contribution in [0.25, 0.3) is 22.2 Å². The van der Waals surface area contributed by atoms with Crippen LogP contribution in [0.15, 0.2) is 48.7 Å². The quantitative estimate of drug-likeness (QED) is 0.568. The van der Waals surface area contributed by atoms with Gasteiger partial charge in [0.2, 0.25) is 0 Å². The molecule has 2 N–H and O–H groups in total. The maximum atomic E-state index is 11.1. The molecule has 1 aromatic carbocycles. The zero-order valence-corrected chi connectivity index (χ0v) is 10.4. The van der Waals surface area contributed by atoms with Gasteiger partial charge in [-0.15, -0.1) is 0 Å². The summed E-state index contributed by atoms with van der Waals surface area (Å²) < 4.78 is 0. The fraction of sp³-hybridized carbons (Fsp3) is 0. The number of rotatable bonds is 2. The highest BCUT2D eigenvalue weighted by molar-refractivity contribution is 5.85. The van der Waals surface area contributed by atoms with Crippen molar-refractivity contribution in [1.82, 2.24) is 9.97 Å². The topological polar surface area (TPSA) is 94.9 Å². The van der Waals surface area contributed by atoms with E-state index in [9.17, 15) is 10.1 Å². The molecule has 0 saturated heterocycles. The monoisotopic (exact) mass is 266 g/mol. The van der Waals surface area contributed by atoms with Crippen molar-refractivity contribution in [3.05, 3.63) is 58.8 Å². The summed E-state index contributed by atoms with van der Waals surface area (Å²) >= 11 is 0. The lowest BCUT2D eigenvalue weighted by atomic mass is 10.1. The Hall–Kier alpha value is -3.02. The molecular weight excluding hydrogens is 256 g/mol. The minimum Gasteiger partial charge on any atom is -0.384 e. The van der Waals surface area contributed by atoms with Gasteiger partial charge in [-0.1, -0.05) is 12.1 Å². The molecule has 0 unspecified atom stereocenters. The number of nitro groups is 1. The third kappa shape index (κ3) is 2.03. The molecule has 0 aliphatic heterocycles. The van der Waals surface area contributed by atoms with Crippen LogP contribution in [0.3, 0.4) is 0 Å². The number of benzene rings is 1. The summed E-state index contributed by atoms with van der Waals surface area (Å²) in [4.78, 5) is 18.9. The van der Waals surface area contributed by atoms with Gasteiger partial charge in [-0.25, -0.2) is 4.98 Å². The molecule has 20 heavy (non-hydrogen) atoms. The molecule has 0 aliphatic carbocycles. The first-order valence-electron chi connectivity index (χ1n) is 5.91. The van der Waals surface area contributed by atoms with Gasteiger partial charge in [0.1, 0.15) is 5.82 Å². The minimum atomic E-state index is -0.463. The summed E-state index contributed by atoms with van der Waals surface area (Å²) in [6, 6.07) is 11.9. The average Bonchev–Trinajstić information content (AvgIpc) is 2.46. The van der Waals surface area contributed by atoms with Crippen LogP contribution < -0.4 is 5.73 Å². The molecule has 2 heterocycles. The van der Waals surface area contributed by atoms with Crippen LogP contribution >= 0.6 is 0 Å². The first kappa shape index (κ1) is 12.0. The molecule has 0 amide bonds. The van der Waals surface area contributed by atoms with Gasteiger partial charge < -0.3 is 5.73 Å². The van der Waals surface area contributed by atoms with E-state index in [0.717, 1.165) is 10.9 Å². The predicted octanol–water partition coefficient (Wildman–Crippen LogP) is 2.79. The number of aromatic nitrogens is 2. The number of hydrogen-bond acceptors (Lipinski definition) is 5. The molecule has 6 heteroatoms. The maximum absolute atomic E-state index is 11.1. The van der Waals surface area contributed by atoms with E-state index in [2.05, 4.69) is 9.97 Å². The zero-order chi connectivity index (χ0) is 14.1. The maximum Gasteiger partial charge on any atom is 0.295 e. The first-order chi connectivity index (χ1) is 9.65. The van der Waals surface area contributed by atoms with E-state index in [1.165, 1.54) is 12.1 Å². The second-order valence-electron chi connectivity index (χ2n) is 4.27. The van der Waals surface area contributed by atoms with Crippen LogP contribution in [0.5, 0.6) is 0 Å². The molecule has 3 aromatic rings. The Morgan fingerprint density at radius 2 is 2.00 bits per heavy atom. The average molecular weight is 266 g/mol. The number of nitrogens with two attached hydrogens (primary N) is 1. The Bertz CT molecular complexity index is 817. The second-order valence-corrected chi connectivity index (χ2v) is 4.27. The molecular formula is C14H10N4O2. The lowest BCUT2D eigenvalue weighted by molar-refractivity contribution is -0.384. The van der Waals surface area contributed by atoms with E-state index in [4.69, 9.17) is 5.73 Å². The third-order valence-electron chi connectivity index (χ3n) is 2.97. The molecule has 0 saturated carbocycles. The minimum absolute atomic E-state index is 0.0672. The van der Waals surface area contributed by atoms with Crippen LogP contribution in [0.4, 0.5) is 11.5 Å². The van der Waals surface area contributed by atoms with E-state index in [1.54, 1.807) is 18.3 Å². The van der Waals surface area contributed by atoms with Crippen LogP contribution in [0, 0.1) is 10.1 Å². The van der Waals surface area contributed by atoms with Gasteiger partial charge in [0, 0.05) is 23.2 Å². The van der Waals surface area contributed by atoms with Gasteiger partial charge in [0.05, 0.1) is 10.4 Å². The van der Waals surface area contributed by atoms with Crippen molar-refractivity contribution in [3.63, 3.8) is 0 Å². The number of fused-ring (bicyclic) bond motifs is 1. The van der Waals surface area contributed by atoms with Crippen molar-refractivity contribution in [1.29, 1.82) is 0 Å². The number of hydrogen-bond donors (Lipinski definition) is 1. The summed E-state index contributed by atoms with van der Waals surface area (Å²) in [7, 11) is 0. The third-order valence-corrected chi connectivity index (χ3v) is 2.97. The van der Waals surface area contributed by atoms with E-state index in [-0.39, 0.29) is 17.2 Å². The molecule has 98 valence electrons. The molecule has 0 atom stereocenters. The standard InChI is InChI=1S/C14H10N4O2/c15-13-6-5-12(18(19)20)14(17-13)10-3-4-11-9(8-10)2-1-7-16-11/h1-8H,(H2,15,17). The largest absolute Gasteiger partial charge is 0.384 e. The normalized spacial score (nSPS) is 10.6. The Balaban J connectivity index is 2.24. The summed E-state index contributed by atoms with van der Waals surface area (Å²) in [5.41, 5.74) is 7.29. The number of anilines is 1. The molecule has 0 aliphatic rings. The Labute approximate surface area is 114 Å². The van der Waals surface area contributed by atoms with Gasteiger partial charge in [0.25, 0.3) is 5.69 Å². The lowest BCUT2D eigenvalue weighted by Gasteiger charge is -2.05. The van der Waals surface area contributed by atoms with Crippen molar-refractivity contribution in [2.75, 3.05) is 5.73 Å². The van der Waals surface area contributed by atoms with Crippen molar-refractivity contribution >= 4 is 22.4 Å². The molecule has 0 fully saturated rings. The number of nitrogens with zero attached hydrogens (tertiary/aromatic N) is 3. The SMILES string of the molecule is Nc1ccc([N+](=O)[O-])c(-c2ccc3ncccc3c2)n1. The molecule has 0 radical (unpaired) electrons. The molecule has 2 aromatic heterocycles. The van der Waals surface area contributed by atoms with Gasteiger partial charge in [-0.2, -0.15) is 0 Å². The van der Waals surface area contributed by atoms with Gasteiger partial charge >= 0.3 is 0 Å².